The third-order valence-electron chi connectivity index (χ3n) is 6.02. The van der Waals surface area contributed by atoms with E-state index in [1.807, 2.05) is 21.6 Å². The van der Waals surface area contributed by atoms with Gasteiger partial charge in [-0.15, -0.1) is 0 Å². The summed E-state index contributed by atoms with van der Waals surface area (Å²) in [5.41, 5.74) is 3.62. The number of nitrogens with zero attached hydrogens (tertiary/aromatic N) is 6. The Kier molecular flexibility index (Phi) is 5.53. The summed E-state index contributed by atoms with van der Waals surface area (Å²) in [4.78, 5) is 11.1. The summed E-state index contributed by atoms with van der Waals surface area (Å²) in [6, 6.07) is 9.93. The molecule has 172 valence electrons. The maximum absolute atomic E-state index is 13.5. The number of anilines is 1. The van der Waals surface area contributed by atoms with Crippen LogP contribution in [0, 0.1) is 5.82 Å². The molecule has 33 heavy (non-hydrogen) atoms. The van der Waals surface area contributed by atoms with Gasteiger partial charge in [-0.05, 0) is 36.4 Å². The summed E-state index contributed by atoms with van der Waals surface area (Å²) >= 11 is 0. The number of imidazole rings is 2. The van der Waals surface area contributed by atoms with Crippen LogP contribution in [0.25, 0.3) is 28.3 Å². The number of aromatic nitrogens is 5. The summed E-state index contributed by atoms with van der Waals surface area (Å²) in [7, 11) is 1.79. The Labute approximate surface area is 188 Å². The van der Waals surface area contributed by atoms with Crippen LogP contribution in [-0.4, -0.2) is 61.7 Å². The van der Waals surface area contributed by atoms with Crippen LogP contribution in [0.5, 0.6) is 0 Å². The minimum absolute atomic E-state index is 0.114. The number of halogens is 3. The van der Waals surface area contributed by atoms with E-state index in [4.69, 9.17) is 5.10 Å². The van der Waals surface area contributed by atoms with E-state index >= 15 is 0 Å². The van der Waals surface area contributed by atoms with Crippen molar-refractivity contribution in [3.05, 3.63) is 54.7 Å². The minimum atomic E-state index is -2.57. The summed E-state index contributed by atoms with van der Waals surface area (Å²) < 4.78 is 44.2. The number of fused-ring (bicyclic) bond motifs is 1. The fourth-order valence-electron chi connectivity index (χ4n) is 4.12. The summed E-state index contributed by atoms with van der Waals surface area (Å²) in [5.74, 6) is -2.18. The molecule has 3 aromatic heterocycles. The zero-order valence-electron chi connectivity index (χ0n) is 18.2. The monoisotopic (exact) mass is 455 g/mol. The van der Waals surface area contributed by atoms with E-state index in [2.05, 4.69) is 15.3 Å². The number of benzene rings is 1. The molecule has 7 nitrogen and oxygen atoms in total. The summed E-state index contributed by atoms with van der Waals surface area (Å²) in [5, 5.41) is 7.73. The number of piperidine rings is 1. The Morgan fingerprint density at radius 2 is 1.79 bits per heavy atom. The van der Waals surface area contributed by atoms with E-state index in [9.17, 15) is 13.2 Å². The number of hydrogen-bond acceptors (Lipinski definition) is 5. The highest BCUT2D eigenvalue weighted by molar-refractivity contribution is 5.77. The molecule has 5 rings (SSSR count). The Morgan fingerprint density at radius 3 is 2.52 bits per heavy atom. The molecule has 0 saturated carbocycles. The van der Waals surface area contributed by atoms with Crippen molar-refractivity contribution < 1.29 is 13.2 Å². The lowest BCUT2D eigenvalue weighted by atomic mass is 10.1. The van der Waals surface area contributed by atoms with Gasteiger partial charge >= 0.3 is 0 Å². The molecule has 1 fully saturated rings. The minimum Gasteiger partial charge on any atom is -0.372 e. The van der Waals surface area contributed by atoms with E-state index in [1.54, 1.807) is 36.2 Å². The van der Waals surface area contributed by atoms with Crippen molar-refractivity contribution in [2.75, 3.05) is 32.0 Å². The Bertz CT molecular complexity index is 1250. The van der Waals surface area contributed by atoms with Gasteiger partial charge in [0, 0.05) is 51.6 Å². The molecular formula is C23H24F3N7. The maximum atomic E-state index is 13.5. The van der Waals surface area contributed by atoms with E-state index in [0.717, 1.165) is 11.3 Å². The van der Waals surface area contributed by atoms with Crippen molar-refractivity contribution in [1.82, 2.24) is 29.0 Å². The summed E-state index contributed by atoms with van der Waals surface area (Å²) in [6.45, 7) is 1.93. The standard InChI is InChI=1S/C23H24F3N7/c1-27-19-14-33-20(29-19)7-6-18(30-33)22-21(16-2-4-17(24)5-3-16)28-15-32(22)13-12-31-10-8-23(25,26)9-11-31/h2-7,14-15,27H,8-13H2,1H3. The number of likely N-dealkylation sites (tertiary alicyclic amines) is 1. The molecule has 0 radical (unpaired) electrons. The highest BCUT2D eigenvalue weighted by atomic mass is 19.3. The number of alkyl halides is 2. The van der Waals surface area contributed by atoms with Crippen LogP contribution < -0.4 is 5.32 Å². The first-order chi connectivity index (χ1) is 15.9. The van der Waals surface area contributed by atoms with Crippen molar-refractivity contribution in [2.45, 2.75) is 25.3 Å². The van der Waals surface area contributed by atoms with Gasteiger partial charge in [0.2, 0.25) is 0 Å². The lowest BCUT2D eigenvalue weighted by Crippen LogP contribution is -2.40. The predicted octanol–water partition coefficient (Wildman–Crippen LogP) is 4.17. The van der Waals surface area contributed by atoms with Gasteiger partial charge in [0.15, 0.2) is 5.65 Å². The number of nitrogens with one attached hydrogen (secondary N) is 1. The molecule has 1 saturated heterocycles. The van der Waals surface area contributed by atoms with Crippen LogP contribution in [0.15, 0.2) is 48.9 Å². The first kappa shape index (κ1) is 21.4. The van der Waals surface area contributed by atoms with E-state index in [0.29, 0.717) is 49.0 Å². The van der Waals surface area contributed by atoms with Crippen molar-refractivity contribution >= 4 is 11.5 Å². The zero-order chi connectivity index (χ0) is 23.0. The van der Waals surface area contributed by atoms with Gasteiger partial charge < -0.3 is 14.8 Å². The molecule has 0 bridgehead atoms. The topological polar surface area (TPSA) is 63.3 Å². The average Bonchev–Trinajstić information content (AvgIpc) is 3.42. The smallest absolute Gasteiger partial charge is 0.250 e. The maximum Gasteiger partial charge on any atom is 0.250 e. The van der Waals surface area contributed by atoms with Crippen molar-refractivity contribution in [3.8, 4) is 22.6 Å². The largest absolute Gasteiger partial charge is 0.372 e. The SMILES string of the molecule is CNc1cn2nc(-c3c(-c4ccc(F)cc4)ncn3CCN3CCC(F)(F)CC3)ccc2n1. The van der Waals surface area contributed by atoms with Crippen LogP contribution in [0.1, 0.15) is 12.8 Å². The van der Waals surface area contributed by atoms with Crippen molar-refractivity contribution in [3.63, 3.8) is 0 Å². The van der Waals surface area contributed by atoms with Gasteiger partial charge in [-0.25, -0.2) is 27.7 Å². The first-order valence-corrected chi connectivity index (χ1v) is 10.9. The molecular weight excluding hydrogens is 431 g/mol. The van der Waals surface area contributed by atoms with E-state index in [-0.39, 0.29) is 18.7 Å². The van der Waals surface area contributed by atoms with Crippen LogP contribution in [-0.2, 0) is 6.54 Å². The van der Waals surface area contributed by atoms with Crippen LogP contribution in [0.4, 0.5) is 19.0 Å². The zero-order valence-corrected chi connectivity index (χ0v) is 18.2. The molecule has 1 N–H and O–H groups in total. The van der Waals surface area contributed by atoms with Gasteiger partial charge in [-0.1, -0.05) is 0 Å². The van der Waals surface area contributed by atoms with Crippen LogP contribution in [0.3, 0.4) is 0 Å². The third-order valence-corrected chi connectivity index (χ3v) is 6.02. The highest BCUT2D eigenvalue weighted by Crippen LogP contribution is 2.31. The first-order valence-electron chi connectivity index (χ1n) is 10.9. The molecule has 0 unspecified atom stereocenters. The molecule has 0 atom stereocenters. The van der Waals surface area contributed by atoms with Gasteiger partial charge in [-0.2, -0.15) is 5.10 Å². The van der Waals surface area contributed by atoms with Crippen LogP contribution in [0.2, 0.25) is 0 Å². The lowest BCUT2D eigenvalue weighted by Gasteiger charge is -2.31. The van der Waals surface area contributed by atoms with Gasteiger partial charge in [0.05, 0.1) is 23.9 Å². The quantitative estimate of drug-likeness (QED) is 0.473. The normalized spacial score (nSPS) is 16.4. The lowest BCUT2D eigenvalue weighted by molar-refractivity contribution is -0.0554. The molecule has 10 heteroatoms. The highest BCUT2D eigenvalue weighted by Gasteiger charge is 2.33. The predicted molar refractivity (Wildman–Crippen MR) is 120 cm³/mol. The molecule has 1 aliphatic heterocycles. The van der Waals surface area contributed by atoms with Crippen molar-refractivity contribution in [1.29, 1.82) is 0 Å². The molecule has 0 spiro atoms. The van der Waals surface area contributed by atoms with Gasteiger partial charge in [0.1, 0.15) is 17.3 Å². The fraction of sp³-hybridized carbons (Fsp3) is 0.348. The van der Waals surface area contributed by atoms with E-state index in [1.165, 1.54) is 12.1 Å². The number of hydrogen-bond donors (Lipinski definition) is 1. The molecule has 4 heterocycles. The molecule has 0 amide bonds. The molecule has 0 aliphatic carbocycles. The summed E-state index contributed by atoms with van der Waals surface area (Å²) in [6.07, 6.45) is 3.30. The fourth-order valence-corrected chi connectivity index (χ4v) is 4.12. The van der Waals surface area contributed by atoms with Gasteiger partial charge in [0.25, 0.3) is 5.92 Å². The second-order valence-electron chi connectivity index (χ2n) is 8.24. The van der Waals surface area contributed by atoms with E-state index < -0.39 is 5.92 Å². The molecule has 1 aliphatic rings. The second-order valence-corrected chi connectivity index (χ2v) is 8.24. The number of rotatable bonds is 6. The Balaban J connectivity index is 1.49. The molecule has 4 aromatic rings. The molecule has 1 aromatic carbocycles. The third kappa shape index (κ3) is 4.43. The Hall–Kier alpha value is -3.40. The van der Waals surface area contributed by atoms with Crippen molar-refractivity contribution in [2.24, 2.45) is 0 Å². The second kappa shape index (κ2) is 8.51. The van der Waals surface area contributed by atoms with Gasteiger partial charge in [-0.3, -0.25) is 0 Å². The average molecular weight is 455 g/mol. The Morgan fingerprint density at radius 1 is 1.03 bits per heavy atom. The van der Waals surface area contributed by atoms with Crippen LogP contribution >= 0.6 is 0 Å².